The Morgan fingerprint density at radius 1 is 1.15 bits per heavy atom. The number of aryl methyl sites for hydroxylation is 1. The fraction of sp³-hybridized carbons (Fsp3) is 0.200. The van der Waals surface area contributed by atoms with E-state index in [2.05, 4.69) is 10.3 Å². The SMILES string of the molecule is COc1cc(OCc2csc(C)n2)cc(-c2cccc(NC(C)=O)c2)c1. The number of hydrogen-bond donors (Lipinski definition) is 1. The molecule has 1 N–H and O–H groups in total. The molecular weight excluding hydrogens is 348 g/mol. The number of hydrogen-bond acceptors (Lipinski definition) is 5. The van der Waals surface area contributed by atoms with E-state index < -0.39 is 0 Å². The fourth-order valence-electron chi connectivity index (χ4n) is 2.55. The molecule has 2 aromatic carbocycles. The number of anilines is 1. The Morgan fingerprint density at radius 3 is 2.65 bits per heavy atom. The van der Waals surface area contributed by atoms with Gasteiger partial charge in [-0.05, 0) is 42.3 Å². The number of amides is 1. The number of ether oxygens (including phenoxy) is 2. The number of carbonyl (C=O) groups excluding carboxylic acids is 1. The van der Waals surface area contributed by atoms with E-state index in [1.807, 2.05) is 54.8 Å². The molecule has 134 valence electrons. The zero-order valence-electron chi connectivity index (χ0n) is 14.9. The second-order valence-corrected chi connectivity index (χ2v) is 6.87. The maximum Gasteiger partial charge on any atom is 0.221 e. The van der Waals surface area contributed by atoms with E-state index in [1.54, 1.807) is 18.4 Å². The van der Waals surface area contributed by atoms with Gasteiger partial charge < -0.3 is 14.8 Å². The first kappa shape index (κ1) is 17.9. The minimum atomic E-state index is -0.102. The lowest BCUT2D eigenvalue weighted by Crippen LogP contribution is -2.05. The first-order chi connectivity index (χ1) is 12.5. The highest BCUT2D eigenvalue weighted by Gasteiger charge is 2.07. The fourth-order valence-corrected chi connectivity index (χ4v) is 3.15. The van der Waals surface area contributed by atoms with Gasteiger partial charge in [-0.3, -0.25) is 4.79 Å². The molecule has 0 radical (unpaired) electrons. The Morgan fingerprint density at radius 2 is 1.96 bits per heavy atom. The zero-order valence-corrected chi connectivity index (χ0v) is 15.7. The van der Waals surface area contributed by atoms with E-state index in [0.29, 0.717) is 18.1 Å². The normalized spacial score (nSPS) is 10.4. The van der Waals surface area contributed by atoms with Crippen LogP contribution in [0.4, 0.5) is 5.69 Å². The molecule has 0 aliphatic carbocycles. The maximum atomic E-state index is 11.3. The lowest BCUT2D eigenvalue weighted by atomic mass is 10.0. The molecular formula is C20H20N2O3S. The van der Waals surface area contributed by atoms with Crippen LogP contribution in [-0.4, -0.2) is 18.0 Å². The van der Waals surface area contributed by atoms with E-state index in [9.17, 15) is 4.79 Å². The zero-order chi connectivity index (χ0) is 18.5. The lowest BCUT2D eigenvalue weighted by molar-refractivity contribution is -0.114. The quantitative estimate of drug-likeness (QED) is 0.687. The number of aromatic nitrogens is 1. The third-order valence-corrected chi connectivity index (χ3v) is 4.51. The minimum absolute atomic E-state index is 0.102. The molecule has 1 aromatic heterocycles. The van der Waals surface area contributed by atoms with Crippen molar-refractivity contribution >= 4 is 22.9 Å². The summed E-state index contributed by atoms with van der Waals surface area (Å²) in [7, 11) is 1.63. The third kappa shape index (κ3) is 4.61. The van der Waals surface area contributed by atoms with Crippen LogP contribution >= 0.6 is 11.3 Å². The highest BCUT2D eigenvalue weighted by atomic mass is 32.1. The van der Waals surface area contributed by atoms with Gasteiger partial charge in [0, 0.05) is 24.1 Å². The predicted molar refractivity (Wildman–Crippen MR) is 104 cm³/mol. The molecule has 0 aliphatic rings. The van der Waals surface area contributed by atoms with E-state index in [-0.39, 0.29) is 5.91 Å². The Balaban J connectivity index is 1.86. The van der Waals surface area contributed by atoms with Crippen molar-refractivity contribution in [2.75, 3.05) is 12.4 Å². The number of thiazole rings is 1. The summed E-state index contributed by atoms with van der Waals surface area (Å²) in [4.78, 5) is 15.7. The molecule has 0 fully saturated rings. The second kappa shape index (κ2) is 8.01. The summed E-state index contributed by atoms with van der Waals surface area (Å²) in [6, 6.07) is 13.4. The highest BCUT2D eigenvalue weighted by molar-refractivity contribution is 7.09. The van der Waals surface area contributed by atoms with Crippen LogP contribution in [0.2, 0.25) is 0 Å². The number of rotatable bonds is 6. The molecule has 3 aromatic rings. The minimum Gasteiger partial charge on any atom is -0.497 e. The van der Waals surface area contributed by atoms with Crippen LogP contribution in [0.15, 0.2) is 47.8 Å². The van der Waals surface area contributed by atoms with Gasteiger partial charge in [-0.25, -0.2) is 4.98 Å². The van der Waals surface area contributed by atoms with E-state index >= 15 is 0 Å². The Bertz CT molecular complexity index is 921. The van der Waals surface area contributed by atoms with Gasteiger partial charge in [0.2, 0.25) is 5.91 Å². The van der Waals surface area contributed by atoms with Crippen LogP contribution in [0.5, 0.6) is 11.5 Å². The summed E-state index contributed by atoms with van der Waals surface area (Å²) in [5.74, 6) is 1.31. The van der Waals surface area contributed by atoms with Gasteiger partial charge in [0.25, 0.3) is 0 Å². The van der Waals surface area contributed by atoms with Crippen LogP contribution < -0.4 is 14.8 Å². The predicted octanol–water partition coefficient (Wildman–Crippen LogP) is 4.66. The van der Waals surface area contributed by atoms with Crippen molar-refractivity contribution in [1.29, 1.82) is 0 Å². The van der Waals surface area contributed by atoms with Gasteiger partial charge in [0.05, 0.1) is 17.8 Å². The standard InChI is InChI=1S/C20H20N2O3S/c1-13(23)21-17-6-4-5-15(7-17)16-8-19(24-3)10-20(9-16)25-11-18-12-26-14(2)22-18/h4-10,12H,11H2,1-3H3,(H,21,23). The molecule has 0 atom stereocenters. The van der Waals surface area contributed by atoms with Crippen molar-refractivity contribution in [1.82, 2.24) is 4.98 Å². The lowest BCUT2D eigenvalue weighted by Gasteiger charge is -2.11. The van der Waals surface area contributed by atoms with Crippen molar-refractivity contribution in [3.8, 4) is 22.6 Å². The Hall–Kier alpha value is -2.86. The monoisotopic (exact) mass is 368 g/mol. The molecule has 0 bridgehead atoms. The number of nitrogens with one attached hydrogen (secondary N) is 1. The molecule has 1 heterocycles. The average Bonchev–Trinajstić information content (AvgIpc) is 3.04. The van der Waals surface area contributed by atoms with Crippen molar-refractivity contribution in [2.24, 2.45) is 0 Å². The smallest absolute Gasteiger partial charge is 0.221 e. The van der Waals surface area contributed by atoms with Crippen LogP contribution in [0.25, 0.3) is 11.1 Å². The molecule has 0 saturated heterocycles. The number of benzene rings is 2. The molecule has 5 nitrogen and oxygen atoms in total. The summed E-state index contributed by atoms with van der Waals surface area (Å²) in [5.41, 5.74) is 3.56. The molecule has 0 unspecified atom stereocenters. The average molecular weight is 368 g/mol. The molecule has 0 aliphatic heterocycles. The van der Waals surface area contributed by atoms with Gasteiger partial charge in [-0.15, -0.1) is 11.3 Å². The molecule has 0 saturated carbocycles. The largest absolute Gasteiger partial charge is 0.497 e. The van der Waals surface area contributed by atoms with Crippen LogP contribution in [0.1, 0.15) is 17.6 Å². The second-order valence-electron chi connectivity index (χ2n) is 5.81. The van der Waals surface area contributed by atoms with E-state index in [4.69, 9.17) is 9.47 Å². The summed E-state index contributed by atoms with van der Waals surface area (Å²) in [6.07, 6.45) is 0. The van der Waals surface area contributed by atoms with Crippen molar-refractivity contribution in [2.45, 2.75) is 20.5 Å². The van der Waals surface area contributed by atoms with Crippen LogP contribution in [0, 0.1) is 6.92 Å². The van der Waals surface area contributed by atoms with E-state index in [0.717, 1.165) is 27.5 Å². The highest BCUT2D eigenvalue weighted by Crippen LogP contribution is 2.31. The summed E-state index contributed by atoms with van der Waals surface area (Å²) < 4.78 is 11.3. The molecule has 1 amide bonds. The van der Waals surface area contributed by atoms with Gasteiger partial charge in [-0.2, -0.15) is 0 Å². The number of methoxy groups -OCH3 is 1. The van der Waals surface area contributed by atoms with Gasteiger partial charge in [0.15, 0.2) is 0 Å². The van der Waals surface area contributed by atoms with Crippen LogP contribution in [-0.2, 0) is 11.4 Å². The van der Waals surface area contributed by atoms with Crippen LogP contribution in [0.3, 0.4) is 0 Å². The summed E-state index contributed by atoms with van der Waals surface area (Å²) in [5, 5.41) is 5.81. The van der Waals surface area contributed by atoms with Gasteiger partial charge in [0.1, 0.15) is 18.1 Å². The number of carbonyl (C=O) groups is 1. The van der Waals surface area contributed by atoms with E-state index in [1.165, 1.54) is 6.92 Å². The summed E-state index contributed by atoms with van der Waals surface area (Å²) >= 11 is 1.60. The first-order valence-electron chi connectivity index (χ1n) is 8.14. The number of nitrogens with zero attached hydrogens (tertiary/aromatic N) is 1. The Kier molecular flexibility index (Phi) is 5.53. The molecule has 0 spiro atoms. The topological polar surface area (TPSA) is 60.5 Å². The van der Waals surface area contributed by atoms with Crippen molar-refractivity contribution in [3.63, 3.8) is 0 Å². The third-order valence-electron chi connectivity index (χ3n) is 3.69. The van der Waals surface area contributed by atoms with Gasteiger partial charge >= 0.3 is 0 Å². The van der Waals surface area contributed by atoms with Crippen molar-refractivity contribution in [3.05, 3.63) is 58.5 Å². The molecule has 6 heteroatoms. The first-order valence-corrected chi connectivity index (χ1v) is 9.02. The Labute approximate surface area is 156 Å². The summed E-state index contributed by atoms with van der Waals surface area (Å²) in [6.45, 7) is 3.87. The maximum absolute atomic E-state index is 11.3. The molecule has 26 heavy (non-hydrogen) atoms. The van der Waals surface area contributed by atoms with Gasteiger partial charge in [-0.1, -0.05) is 12.1 Å². The molecule has 3 rings (SSSR count). The van der Waals surface area contributed by atoms with Crippen molar-refractivity contribution < 1.29 is 14.3 Å².